The van der Waals surface area contributed by atoms with Gasteiger partial charge in [-0.1, -0.05) is 36.4 Å². The summed E-state index contributed by atoms with van der Waals surface area (Å²) in [6, 6.07) is 20.2. The molecule has 2 amide bonds. The number of aliphatic hydroxyl groups is 1. The predicted molar refractivity (Wildman–Crippen MR) is 105 cm³/mol. The first-order valence-corrected chi connectivity index (χ1v) is 8.63. The summed E-state index contributed by atoms with van der Waals surface area (Å²) in [5.41, 5.74) is 0.717. The topological polar surface area (TPSA) is 79.8 Å². The number of benzene rings is 3. The summed E-state index contributed by atoms with van der Waals surface area (Å²) >= 11 is 0. The largest absolute Gasteiger partial charge is 0.497 e. The number of ether oxygens (including phenoxy) is 2. The Hall–Kier alpha value is -3.25. The van der Waals surface area contributed by atoms with Gasteiger partial charge in [0.05, 0.1) is 12.8 Å². The van der Waals surface area contributed by atoms with Gasteiger partial charge in [0, 0.05) is 11.9 Å². The van der Waals surface area contributed by atoms with Crippen molar-refractivity contribution in [2.45, 2.75) is 6.10 Å². The zero-order valence-electron chi connectivity index (χ0n) is 15.0. The van der Waals surface area contributed by atoms with Gasteiger partial charge in [-0.3, -0.25) is 0 Å². The second-order valence-corrected chi connectivity index (χ2v) is 6.00. The fourth-order valence-corrected chi connectivity index (χ4v) is 2.63. The Balaban J connectivity index is 1.46. The number of hydrogen-bond acceptors (Lipinski definition) is 4. The van der Waals surface area contributed by atoms with Crippen LogP contribution >= 0.6 is 0 Å². The normalized spacial score (nSPS) is 11.6. The lowest BCUT2D eigenvalue weighted by Crippen LogP contribution is -2.37. The van der Waals surface area contributed by atoms with Crippen LogP contribution < -0.4 is 20.1 Å². The van der Waals surface area contributed by atoms with E-state index in [-0.39, 0.29) is 19.2 Å². The summed E-state index contributed by atoms with van der Waals surface area (Å²) in [4.78, 5) is 12.1. The fraction of sp³-hybridized carbons (Fsp3) is 0.190. The average molecular weight is 366 g/mol. The second kappa shape index (κ2) is 8.91. The number of anilines is 1. The standard InChI is InChI=1S/C21H22N2O4/c1-26-17-9-11-18(12-10-17)27-14-16(24)13-22-21(25)23-20-8-4-6-15-5-2-3-7-19(15)20/h2-12,16,24H,13-14H2,1H3,(H2,22,23,25)/t16-/m0/s1. The molecule has 3 aromatic carbocycles. The molecule has 0 aromatic heterocycles. The van der Waals surface area contributed by atoms with E-state index in [4.69, 9.17) is 9.47 Å². The van der Waals surface area contributed by atoms with Crippen LogP contribution in [0.25, 0.3) is 10.8 Å². The van der Waals surface area contributed by atoms with E-state index < -0.39 is 6.10 Å². The molecule has 3 rings (SSSR count). The number of urea groups is 1. The predicted octanol–water partition coefficient (Wildman–Crippen LogP) is 3.41. The van der Waals surface area contributed by atoms with Crippen LogP contribution in [0.3, 0.4) is 0 Å². The Morgan fingerprint density at radius 1 is 1.00 bits per heavy atom. The molecule has 1 atom stereocenters. The lowest BCUT2D eigenvalue weighted by Gasteiger charge is -2.14. The van der Waals surface area contributed by atoms with Crippen molar-refractivity contribution in [3.8, 4) is 11.5 Å². The number of fused-ring (bicyclic) bond motifs is 1. The van der Waals surface area contributed by atoms with Gasteiger partial charge < -0.3 is 25.2 Å². The molecule has 0 spiro atoms. The van der Waals surface area contributed by atoms with Crippen molar-refractivity contribution in [3.63, 3.8) is 0 Å². The van der Waals surface area contributed by atoms with Crippen LogP contribution in [-0.4, -0.2) is 37.5 Å². The number of amides is 2. The van der Waals surface area contributed by atoms with Crippen molar-refractivity contribution in [1.29, 1.82) is 0 Å². The summed E-state index contributed by atoms with van der Waals surface area (Å²) < 4.78 is 10.6. The van der Waals surface area contributed by atoms with Gasteiger partial charge in [-0.25, -0.2) is 4.79 Å². The van der Waals surface area contributed by atoms with E-state index in [0.29, 0.717) is 5.75 Å². The monoisotopic (exact) mass is 366 g/mol. The molecule has 3 aromatic rings. The third-order valence-corrected chi connectivity index (χ3v) is 4.04. The third kappa shape index (κ3) is 5.12. The molecule has 6 heteroatoms. The zero-order valence-corrected chi connectivity index (χ0v) is 15.0. The van der Waals surface area contributed by atoms with E-state index in [1.54, 1.807) is 31.4 Å². The van der Waals surface area contributed by atoms with Gasteiger partial charge in [0.1, 0.15) is 24.2 Å². The Morgan fingerprint density at radius 2 is 1.70 bits per heavy atom. The fourth-order valence-electron chi connectivity index (χ4n) is 2.63. The van der Waals surface area contributed by atoms with Crippen molar-refractivity contribution >= 4 is 22.5 Å². The van der Waals surface area contributed by atoms with Gasteiger partial charge >= 0.3 is 6.03 Å². The van der Waals surface area contributed by atoms with E-state index in [2.05, 4.69) is 10.6 Å². The molecule has 6 nitrogen and oxygen atoms in total. The smallest absolute Gasteiger partial charge is 0.319 e. The van der Waals surface area contributed by atoms with E-state index in [0.717, 1.165) is 22.2 Å². The van der Waals surface area contributed by atoms with E-state index in [1.165, 1.54) is 0 Å². The minimum atomic E-state index is -0.828. The van der Waals surface area contributed by atoms with E-state index in [1.807, 2.05) is 42.5 Å². The van der Waals surface area contributed by atoms with Gasteiger partial charge in [0.25, 0.3) is 0 Å². The molecular weight excluding hydrogens is 344 g/mol. The minimum absolute atomic E-state index is 0.0703. The van der Waals surface area contributed by atoms with Crippen LogP contribution in [0.1, 0.15) is 0 Å². The van der Waals surface area contributed by atoms with Crippen LogP contribution in [-0.2, 0) is 0 Å². The maximum absolute atomic E-state index is 12.1. The number of rotatable bonds is 7. The van der Waals surface area contributed by atoms with Gasteiger partial charge in [-0.2, -0.15) is 0 Å². The maximum atomic E-state index is 12.1. The molecule has 27 heavy (non-hydrogen) atoms. The van der Waals surface area contributed by atoms with Crippen molar-refractivity contribution in [2.75, 3.05) is 25.6 Å². The highest BCUT2D eigenvalue weighted by Gasteiger charge is 2.09. The van der Waals surface area contributed by atoms with Crippen LogP contribution in [0.2, 0.25) is 0 Å². The lowest BCUT2D eigenvalue weighted by molar-refractivity contribution is 0.108. The third-order valence-electron chi connectivity index (χ3n) is 4.04. The number of methoxy groups -OCH3 is 1. The SMILES string of the molecule is COc1ccc(OC[C@@H](O)CNC(=O)Nc2cccc3ccccc23)cc1. The first-order chi connectivity index (χ1) is 13.2. The highest BCUT2D eigenvalue weighted by molar-refractivity contribution is 6.01. The van der Waals surface area contributed by atoms with Crippen LogP contribution in [0.4, 0.5) is 10.5 Å². The van der Waals surface area contributed by atoms with E-state index in [9.17, 15) is 9.90 Å². The Bertz CT molecular complexity index is 891. The summed E-state index contributed by atoms with van der Waals surface area (Å²) in [6.45, 7) is 0.146. The van der Waals surface area contributed by atoms with Crippen LogP contribution in [0.15, 0.2) is 66.7 Å². The molecule has 0 radical (unpaired) electrons. The maximum Gasteiger partial charge on any atom is 0.319 e. The molecular formula is C21H22N2O4. The van der Waals surface area contributed by atoms with Crippen LogP contribution in [0.5, 0.6) is 11.5 Å². The Morgan fingerprint density at radius 3 is 2.48 bits per heavy atom. The summed E-state index contributed by atoms with van der Waals surface area (Å²) in [5.74, 6) is 1.35. The van der Waals surface area contributed by atoms with Crippen molar-refractivity contribution in [1.82, 2.24) is 5.32 Å². The highest BCUT2D eigenvalue weighted by atomic mass is 16.5. The van der Waals surface area contributed by atoms with E-state index >= 15 is 0 Å². The summed E-state index contributed by atoms with van der Waals surface area (Å²) in [7, 11) is 1.59. The Labute approximate surface area is 157 Å². The number of carbonyl (C=O) groups excluding carboxylic acids is 1. The zero-order chi connectivity index (χ0) is 19.1. The van der Waals surface area contributed by atoms with Crippen molar-refractivity contribution in [3.05, 3.63) is 66.7 Å². The quantitative estimate of drug-likeness (QED) is 0.599. The number of carbonyl (C=O) groups is 1. The van der Waals surface area contributed by atoms with Gasteiger partial charge in [-0.15, -0.1) is 0 Å². The van der Waals surface area contributed by atoms with Crippen molar-refractivity contribution in [2.24, 2.45) is 0 Å². The van der Waals surface area contributed by atoms with Gasteiger partial charge in [0.2, 0.25) is 0 Å². The minimum Gasteiger partial charge on any atom is -0.497 e. The molecule has 0 saturated heterocycles. The van der Waals surface area contributed by atoms with Gasteiger partial charge in [0.15, 0.2) is 0 Å². The molecule has 0 bridgehead atoms. The van der Waals surface area contributed by atoms with Gasteiger partial charge in [-0.05, 0) is 35.7 Å². The van der Waals surface area contributed by atoms with Crippen LogP contribution in [0, 0.1) is 0 Å². The van der Waals surface area contributed by atoms with Crippen molar-refractivity contribution < 1.29 is 19.4 Å². The summed E-state index contributed by atoms with van der Waals surface area (Å²) in [6.07, 6.45) is -0.828. The summed E-state index contributed by atoms with van der Waals surface area (Å²) in [5, 5.41) is 17.5. The molecule has 0 aliphatic carbocycles. The first-order valence-electron chi connectivity index (χ1n) is 8.63. The number of nitrogens with one attached hydrogen (secondary N) is 2. The molecule has 0 aliphatic heterocycles. The molecule has 0 unspecified atom stereocenters. The lowest BCUT2D eigenvalue weighted by atomic mass is 10.1. The highest BCUT2D eigenvalue weighted by Crippen LogP contribution is 2.22. The molecule has 140 valence electrons. The Kier molecular flexibility index (Phi) is 6.12. The second-order valence-electron chi connectivity index (χ2n) is 6.00. The molecule has 0 heterocycles. The average Bonchev–Trinajstić information content (AvgIpc) is 2.71. The number of hydrogen-bond donors (Lipinski definition) is 3. The first kappa shape index (κ1) is 18.5. The molecule has 3 N–H and O–H groups in total. The molecule has 0 fully saturated rings. The molecule has 0 saturated carbocycles. The molecule has 0 aliphatic rings. The number of aliphatic hydroxyl groups excluding tert-OH is 1.